The number of rotatable bonds is 4. The van der Waals surface area contributed by atoms with Gasteiger partial charge < -0.3 is 10.6 Å². The molecule has 2 fully saturated rings. The van der Waals surface area contributed by atoms with Gasteiger partial charge in [-0.25, -0.2) is 9.97 Å². The van der Waals surface area contributed by atoms with Crippen molar-refractivity contribution in [3.63, 3.8) is 0 Å². The first-order valence-electron chi connectivity index (χ1n) is 10.0. The van der Waals surface area contributed by atoms with Crippen LogP contribution < -0.4 is 5.73 Å². The zero-order valence-electron chi connectivity index (χ0n) is 16.0. The number of carbonyl (C=O) groups excluding carboxylic acids is 1. The number of hydrogen-bond acceptors (Lipinski definition) is 5. The van der Waals surface area contributed by atoms with Crippen molar-refractivity contribution in [3.05, 3.63) is 41.2 Å². The van der Waals surface area contributed by atoms with Crippen molar-refractivity contribution in [2.24, 2.45) is 0 Å². The number of carbonyl (C=O) groups is 1. The van der Waals surface area contributed by atoms with Gasteiger partial charge in [0.15, 0.2) is 0 Å². The van der Waals surface area contributed by atoms with Crippen molar-refractivity contribution in [1.82, 2.24) is 19.8 Å². The number of hydrogen-bond donors (Lipinski definition) is 1. The highest BCUT2D eigenvalue weighted by atomic mass is 35.5. The van der Waals surface area contributed by atoms with Crippen molar-refractivity contribution >= 4 is 23.5 Å². The topological polar surface area (TPSA) is 75.3 Å². The average molecular weight is 400 g/mol. The molecule has 0 bridgehead atoms. The molecule has 2 N–H and O–H groups in total. The maximum atomic E-state index is 12.8. The van der Waals surface area contributed by atoms with Crippen molar-refractivity contribution in [2.75, 3.05) is 31.9 Å². The zero-order chi connectivity index (χ0) is 19.5. The molecule has 0 aliphatic carbocycles. The number of likely N-dealkylation sites (tertiary alicyclic amines) is 2. The van der Waals surface area contributed by atoms with Gasteiger partial charge in [0, 0.05) is 29.9 Å². The van der Waals surface area contributed by atoms with Gasteiger partial charge in [0.1, 0.15) is 0 Å². The van der Waals surface area contributed by atoms with Crippen LogP contribution in [0.3, 0.4) is 0 Å². The summed E-state index contributed by atoms with van der Waals surface area (Å²) in [5.41, 5.74) is 8.82. The van der Waals surface area contributed by atoms with Gasteiger partial charge >= 0.3 is 0 Å². The van der Waals surface area contributed by atoms with E-state index in [1.165, 1.54) is 0 Å². The summed E-state index contributed by atoms with van der Waals surface area (Å²) in [6.07, 6.45) is 7.18. The lowest BCUT2D eigenvalue weighted by Gasteiger charge is -2.36. The summed E-state index contributed by atoms with van der Waals surface area (Å²) < 4.78 is 0. The van der Waals surface area contributed by atoms with E-state index >= 15 is 0 Å². The number of aromatic nitrogens is 2. The Balaban J connectivity index is 1.64. The number of anilines is 1. The number of nitrogens with two attached hydrogens (primary N) is 1. The van der Waals surface area contributed by atoms with E-state index in [0.29, 0.717) is 11.6 Å². The average Bonchev–Trinajstić information content (AvgIpc) is 3.24. The van der Waals surface area contributed by atoms with Crippen LogP contribution in [0.15, 0.2) is 30.5 Å². The van der Waals surface area contributed by atoms with E-state index in [1.807, 2.05) is 29.2 Å². The Morgan fingerprint density at radius 2 is 1.82 bits per heavy atom. The number of nitrogen functional groups attached to an aromatic ring is 1. The fraction of sp³-hybridized carbons (Fsp3) is 0.476. The highest BCUT2D eigenvalue weighted by Crippen LogP contribution is 2.36. The molecule has 0 saturated carbocycles. The molecule has 0 spiro atoms. The SMILES string of the molecule is Nc1ncc(-c2ccc(Cl)cc2)c(C2CCCCN2CC(=O)N2CCCC2)n1. The molecule has 1 atom stereocenters. The highest BCUT2D eigenvalue weighted by Gasteiger charge is 2.31. The molecule has 7 heteroatoms. The van der Waals surface area contributed by atoms with E-state index in [9.17, 15) is 4.79 Å². The molecule has 1 unspecified atom stereocenters. The Morgan fingerprint density at radius 3 is 2.57 bits per heavy atom. The van der Waals surface area contributed by atoms with Gasteiger partial charge in [-0.3, -0.25) is 9.69 Å². The van der Waals surface area contributed by atoms with E-state index in [2.05, 4.69) is 14.9 Å². The molecule has 2 aliphatic rings. The summed E-state index contributed by atoms with van der Waals surface area (Å²) in [6, 6.07) is 7.75. The van der Waals surface area contributed by atoms with Crippen molar-refractivity contribution in [2.45, 2.75) is 38.1 Å². The molecule has 6 nitrogen and oxygen atoms in total. The lowest BCUT2D eigenvalue weighted by Crippen LogP contribution is -2.43. The van der Waals surface area contributed by atoms with E-state index in [1.54, 1.807) is 6.20 Å². The fourth-order valence-electron chi connectivity index (χ4n) is 4.25. The summed E-state index contributed by atoms with van der Waals surface area (Å²) in [6.45, 7) is 3.10. The Bertz CT molecular complexity index is 835. The van der Waals surface area contributed by atoms with Crippen molar-refractivity contribution < 1.29 is 4.79 Å². The molecular weight excluding hydrogens is 374 g/mol. The second-order valence-electron chi connectivity index (χ2n) is 7.60. The number of halogens is 1. The Labute approximate surface area is 170 Å². The molecule has 1 aromatic carbocycles. The summed E-state index contributed by atoms with van der Waals surface area (Å²) >= 11 is 6.05. The minimum Gasteiger partial charge on any atom is -0.368 e. The van der Waals surface area contributed by atoms with Crippen LogP contribution in [0.2, 0.25) is 5.02 Å². The summed E-state index contributed by atoms with van der Waals surface area (Å²) in [5, 5.41) is 0.692. The van der Waals surface area contributed by atoms with Crippen LogP contribution in [0.25, 0.3) is 11.1 Å². The molecule has 28 heavy (non-hydrogen) atoms. The van der Waals surface area contributed by atoms with Gasteiger partial charge in [0.2, 0.25) is 11.9 Å². The number of piperidine rings is 1. The van der Waals surface area contributed by atoms with Crippen LogP contribution in [0.1, 0.15) is 43.8 Å². The van der Waals surface area contributed by atoms with Crippen LogP contribution in [0.5, 0.6) is 0 Å². The molecule has 4 rings (SSSR count). The minimum atomic E-state index is 0.0660. The van der Waals surface area contributed by atoms with Crippen molar-refractivity contribution in [1.29, 1.82) is 0 Å². The van der Waals surface area contributed by atoms with Gasteiger partial charge in [-0.1, -0.05) is 30.2 Å². The van der Waals surface area contributed by atoms with Crippen LogP contribution in [-0.2, 0) is 4.79 Å². The third-order valence-corrected chi connectivity index (χ3v) is 5.97. The molecule has 1 amide bonds. The smallest absolute Gasteiger partial charge is 0.236 e. The third kappa shape index (κ3) is 4.13. The first kappa shape index (κ1) is 19.2. The van der Waals surface area contributed by atoms with Crippen LogP contribution in [0, 0.1) is 0 Å². The molecule has 0 radical (unpaired) electrons. The number of benzene rings is 1. The Morgan fingerprint density at radius 1 is 1.11 bits per heavy atom. The lowest BCUT2D eigenvalue weighted by atomic mass is 9.94. The summed E-state index contributed by atoms with van der Waals surface area (Å²) in [5.74, 6) is 0.489. The minimum absolute atomic E-state index is 0.0660. The second kappa shape index (κ2) is 8.45. The molecule has 3 heterocycles. The summed E-state index contributed by atoms with van der Waals surface area (Å²) in [7, 11) is 0. The molecule has 2 aromatic rings. The predicted molar refractivity (Wildman–Crippen MR) is 111 cm³/mol. The molecule has 1 aromatic heterocycles. The van der Waals surface area contributed by atoms with Gasteiger partial charge in [0.25, 0.3) is 0 Å². The second-order valence-corrected chi connectivity index (χ2v) is 8.04. The number of amides is 1. The maximum absolute atomic E-state index is 12.8. The Kier molecular flexibility index (Phi) is 5.78. The first-order valence-corrected chi connectivity index (χ1v) is 10.4. The van der Waals surface area contributed by atoms with Gasteiger partial charge in [-0.2, -0.15) is 0 Å². The first-order chi connectivity index (χ1) is 13.6. The third-order valence-electron chi connectivity index (χ3n) is 5.72. The van der Waals surface area contributed by atoms with Crippen LogP contribution in [0.4, 0.5) is 5.95 Å². The highest BCUT2D eigenvalue weighted by molar-refractivity contribution is 6.30. The monoisotopic (exact) mass is 399 g/mol. The van der Waals surface area contributed by atoms with E-state index < -0.39 is 0 Å². The lowest BCUT2D eigenvalue weighted by molar-refractivity contribution is -0.132. The number of nitrogens with zero attached hydrogens (tertiary/aromatic N) is 4. The van der Waals surface area contributed by atoms with E-state index in [0.717, 1.165) is 68.6 Å². The van der Waals surface area contributed by atoms with Gasteiger partial charge in [-0.05, 0) is 49.9 Å². The predicted octanol–water partition coefficient (Wildman–Crippen LogP) is 3.53. The largest absolute Gasteiger partial charge is 0.368 e. The summed E-state index contributed by atoms with van der Waals surface area (Å²) in [4.78, 5) is 25.9. The molecule has 2 saturated heterocycles. The zero-order valence-corrected chi connectivity index (χ0v) is 16.7. The molecule has 148 valence electrons. The van der Waals surface area contributed by atoms with Crippen LogP contribution in [-0.4, -0.2) is 51.9 Å². The van der Waals surface area contributed by atoms with Gasteiger partial charge in [0.05, 0.1) is 18.3 Å². The quantitative estimate of drug-likeness (QED) is 0.851. The fourth-order valence-corrected chi connectivity index (χ4v) is 4.37. The standard InChI is InChI=1S/C21H26ClN5O/c22-16-8-6-15(7-9-16)17-13-24-21(23)25-20(17)18-5-1-2-12-27(18)14-19(28)26-10-3-4-11-26/h6-9,13,18H,1-5,10-12,14H2,(H2,23,24,25). The maximum Gasteiger partial charge on any atom is 0.236 e. The van der Waals surface area contributed by atoms with Crippen molar-refractivity contribution in [3.8, 4) is 11.1 Å². The Hall–Kier alpha value is -2.18. The normalized spacial score (nSPS) is 20.5. The molecular formula is C21H26ClN5O. The van der Waals surface area contributed by atoms with Crippen LogP contribution >= 0.6 is 11.6 Å². The van der Waals surface area contributed by atoms with E-state index in [-0.39, 0.29) is 17.9 Å². The van der Waals surface area contributed by atoms with Gasteiger partial charge in [-0.15, -0.1) is 0 Å². The molecule has 2 aliphatic heterocycles. The van der Waals surface area contributed by atoms with E-state index in [4.69, 9.17) is 17.3 Å².